The van der Waals surface area contributed by atoms with Crippen molar-refractivity contribution in [3.8, 4) is 0 Å². The number of hydrogen-bond donors (Lipinski definition) is 1. The van der Waals surface area contributed by atoms with Crippen LogP contribution in [0.4, 0.5) is 5.82 Å². The van der Waals surface area contributed by atoms with Gasteiger partial charge in [-0.2, -0.15) is 0 Å². The Hall–Kier alpha value is -1.13. The molecule has 4 nitrogen and oxygen atoms in total. The number of pyridine rings is 1. The van der Waals surface area contributed by atoms with Gasteiger partial charge in [0.2, 0.25) is 0 Å². The van der Waals surface area contributed by atoms with E-state index in [4.69, 9.17) is 4.74 Å². The van der Waals surface area contributed by atoms with Crippen molar-refractivity contribution in [3.63, 3.8) is 0 Å². The zero-order valence-corrected chi connectivity index (χ0v) is 10.5. The number of ether oxygens (including phenoxy) is 1. The van der Waals surface area contributed by atoms with Gasteiger partial charge in [-0.05, 0) is 6.07 Å². The van der Waals surface area contributed by atoms with Crippen LogP contribution in [-0.4, -0.2) is 36.4 Å². The van der Waals surface area contributed by atoms with Gasteiger partial charge in [0.05, 0.1) is 25.2 Å². The lowest BCUT2D eigenvalue weighted by molar-refractivity contribution is -0.127. The highest BCUT2D eigenvalue weighted by atomic mass is 16.5. The summed E-state index contributed by atoms with van der Waals surface area (Å²) >= 11 is 0. The van der Waals surface area contributed by atoms with Gasteiger partial charge in [0.25, 0.3) is 0 Å². The van der Waals surface area contributed by atoms with E-state index < -0.39 is 0 Å². The van der Waals surface area contributed by atoms with Crippen molar-refractivity contribution in [1.82, 2.24) is 4.98 Å². The van der Waals surface area contributed by atoms with Crippen LogP contribution in [0.5, 0.6) is 0 Å². The molecule has 0 aromatic carbocycles. The molecule has 3 heterocycles. The highest BCUT2D eigenvalue weighted by molar-refractivity contribution is 5.50. The summed E-state index contributed by atoms with van der Waals surface area (Å²) in [6.07, 6.45) is 1.77. The van der Waals surface area contributed by atoms with E-state index in [1.165, 1.54) is 0 Å². The van der Waals surface area contributed by atoms with Crippen molar-refractivity contribution < 1.29 is 9.84 Å². The first-order chi connectivity index (χ1) is 8.33. The van der Waals surface area contributed by atoms with Gasteiger partial charge in [-0.15, -0.1) is 0 Å². The van der Waals surface area contributed by atoms with Crippen LogP contribution in [0.1, 0.15) is 19.4 Å². The van der Waals surface area contributed by atoms with E-state index in [1.807, 2.05) is 26.0 Å². The standard InChI is InChI=1S/C11H14N2O2.C2H6/c14-4-9-2-1-3-12-10(9)13-5-11(6-13)7-15-8-11;1-2/h1-3,14H,4-8H2;1-2H3. The molecular formula is C13H20N2O2. The maximum Gasteiger partial charge on any atom is 0.134 e. The Labute approximate surface area is 102 Å². The van der Waals surface area contributed by atoms with E-state index >= 15 is 0 Å². The normalized spacial score (nSPS) is 20.1. The molecule has 1 aromatic heterocycles. The van der Waals surface area contributed by atoms with Crippen LogP contribution in [-0.2, 0) is 11.3 Å². The maximum atomic E-state index is 9.20. The van der Waals surface area contributed by atoms with Gasteiger partial charge in [-0.1, -0.05) is 19.9 Å². The number of aliphatic hydroxyl groups excluding tert-OH is 1. The summed E-state index contributed by atoms with van der Waals surface area (Å²) in [6, 6.07) is 3.78. The van der Waals surface area contributed by atoms with Gasteiger partial charge in [0.1, 0.15) is 5.82 Å². The first-order valence-corrected chi connectivity index (χ1v) is 6.20. The molecule has 1 aromatic rings. The second kappa shape index (κ2) is 5.02. The fraction of sp³-hybridized carbons (Fsp3) is 0.615. The molecule has 1 N–H and O–H groups in total. The van der Waals surface area contributed by atoms with Crippen molar-refractivity contribution in [3.05, 3.63) is 23.9 Å². The zero-order chi connectivity index (χ0) is 12.3. The Morgan fingerprint density at radius 3 is 2.65 bits per heavy atom. The third-order valence-corrected chi connectivity index (χ3v) is 3.21. The molecular weight excluding hydrogens is 216 g/mol. The average molecular weight is 236 g/mol. The molecule has 0 unspecified atom stereocenters. The molecule has 0 bridgehead atoms. The Kier molecular flexibility index (Phi) is 3.64. The van der Waals surface area contributed by atoms with Crippen LogP contribution in [0.15, 0.2) is 18.3 Å². The summed E-state index contributed by atoms with van der Waals surface area (Å²) in [6.45, 7) is 7.84. The molecule has 0 saturated carbocycles. The Morgan fingerprint density at radius 2 is 2.12 bits per heavy atom. The highest BCUT2D eigenvalue weighted by Crippen LogP contribution is 2.40. The van der Waals surface area contributed by atoms with Crippen LogP contribution >= 0.6 is 0 Å². The number of nitrogens with zero attached hydrogens (tertiary/aromatic N) is 2. The first kappa shape index (κ1) is 12.3. The van der Waals surface area contributed by atoms with Crippen LogP contribution in [0.25, 0.3) is 0 Å². The van der Waals surface area contributed by atoms with Crippen molar-refractivity contribution in [2.75, 3.05) is 31.2 Å². The number of anilines is 1. The lowest BCUT2D eigenvalue weighted by atomic mass is 9.78. The van der Waals surface area contributed by atoms with E-state index in [0.29, 0.717) is 5.41 Å². The Balaban J connectivity index is 0.000000514. The topological polar surface area (TPSA) is 45.6 Å². The number of aliphatic hydroxyl groups is 1. The summed E-state index contributed by atoms with van der Waals surface area (Å²) in [5.74, 6) is 0.928. The third-order valence-electron chi connectivity index (χ3n) is 3.21. The molecule has 1 spiro atoms. The molecule has 0 aliphatic carbocycles. The van der Waals surface area contributed by atoms with Crippen LogP contribution < -0.4 is 4.90 Å². The quantitative estimate of drug-likeness (QED) is 0.844. The van der Waals surface area contributed by atoms with Gasteiger partial charge >= 0.3 is 0 Å². The minimum absolute atomic E-state index is 0.0587. The second-order valence-electron chi connectivity index (χ2n) is 4.49. The van der Waals surface area contributed by atoms with Crippen molar-refractivity contribution in [2.45, 2.75) is 20.5 Å². The van der Waals surface area contributed by atoms with E-state index in [1.54, 1.807) is 6.20 Å². The minimum atomic E-state index is 0.0587. The molecule has 94 valence electrons. The Morgan fingerprint density at radius 1 is 1.41 bits per heavy atom. The molecule has 2 aliphatic rings. The van der Waals surface area contributed by atoms with E-state index in [-0.39, 0.29) is 6.61 Å². The van der Waals surface area contributed by atoms with E-state index in [9.17, 15) is 5.11 Å². The fourth-order valence-corrected chi connectivity index (χ4v) is 2.32. The molecule has 2 fully saturated rings. The SMILES string of the molecule is CC.OCc1cccnc1N1CC2(COC2)C1. The summed E-state index contributed by atoms with van der Waals surface area (Å²) in [4.78, 5) is 6.54. The largest absolute Gasteiger partial charge is 0.392 e. The Bertz CT molecular complexity index is 369. The fourth-order valence-electron chi connectivity index (χ4n) is 2.32. The number of hydrogen-bond acceptors (Lipinski definition) is 4. The predicted molar refractivity (Wildman–Crippen MR) is 67.0 cm³/mol. The van der Waals surface area contributed by atoms with Gasteiger partial charge in [0, 0.05) is 24.8 Å². The first-order valence-electron chi connectivity index (χ1n) is 6.20. The molecule has 2 aliphatic heterocycles. The van der Waals surface area contributed by atoms with Crippen LogP contribution in [0.3, 0.4) is 0 Å². The number of aromatic nitrogens is 1. The number of rotatable bonds is 2. The molecule has 0 radical (unpaired) electrons. The minimum Gasteiger partial charge on any atom is -0.392 e. The van der Waals surface area contributed by atoms with Gasteiger partial charge in [-0.25, -0.2) is 4.98 Å². The van der Waals surface area contributed by atoms with Crippen molar-refractivity contribution in [2.24, 2.45) is 5.41 Å². The van der Waals surface area contributed by atoms with E-state index in [2.05, 4.69) is 9.88 Å². The lowest BCUT2D eigenvalue weighted by Gasteiger charge is -2.55. The third kappa shape index (κ3) is 2.15. The monoisotopic (exact) mass is 236 g/mol. The zero-order valence-electron chi connectivity index (χ0n) is 10.5. The van der Waals surface area contributed by atoms with Gasteiger partial charge in [-0.3, -0.25) is 0 Å². The lowest BCUT2D eigenvalue weighted by Crippen LogP contribution is -2.66. The second-order valence-corrected chi connectivity index (χ2v) is 4.49. The molecule has 3 rings (SSSR count). The summed E-state index contributed by atoms with van der Waals surface area (Å²) < 4.78 is 5.22. The van der Waals surface area contributed by atoms with Gasteiger partial charge < -0.3 is 14.7 Å². The maximum absolute atomic E-state index is 9.20. The van der Waals surface area contributed by atoms with E-state index in [0.717, 1.165) is 37.7 Å². The summed E-state index contributed by atoms with van der Waals surface area (Å²) in [5.41, 5.74) is 1.30. The molecule has 0 atom stereocenters. The summed E-state index contributed by atoms with van der Waals surface area (Å²) in [5, 5.41) is 9.20. The summed E-state index contributed by atoms with van der Waals surface area (Å²) in [7, 11) is 0. The van der Waals surface area contributed by atoms with Crippen LogP contribution in [0.2, 0.25) is 0 Å². The highest BCUT2D eigenvalue weighted by Gasteiger charge is 2.49. The average Bonchev–Trinajstić information content (AvgIpc) is 2.29. The van der Waals surface area contributed by atoms with Crippen LogP contribution in [0, 0.1) is 5.41 Å². The van der Waals surface area contributed by atoms with Crippen molar-refractivity contribution >= 4 is 5.82 Å². The smallest absolute Gasteiger partial charge is 0.134 e. The predicted octanol–water partition coefficient (Wildman–Crippen LogP) is 1.44. The molecule has 2 saturated heterocycles. The molecule has 17 heavy (non-hydrogen) atoms. The molecule has 0 amide bonds. The molecule has 4 heteroatoms. The van der Waals surface area contributed by atoms with Crippen molar-refractivity contribution in [1.29, 1.82) is 0 Å². The van der Waals surface area contributed by atoms with Gasteiger partial charge in [0.15, 0.2) is 0 Å².